The second-order valence-electron chi connectivity index (χ2n) is 6.77. The van der Waals surface area contributed by atoms with E-state index in [-0.39, 0.29) is 17.9 Å². The van der Waals surface area contributed by atoms with Crippen LogP contribution in [0.25, 0.3) is 0 Å². The maximum absolute atomic E-state index is 12.2. The maximum atomic E-state index is 12.2. The first-order valence-electron chi connectivity index (χ1n) is 8.10. The molecule has 0 aliphatic heterocycles. The molecule has 0 unspecified atom stereocenters. The minimum absolute atomic E-state index is 0.0592. The van der Waals surface area contributed by atoms with Gasteiger partial charge in [0.1, 0.15) is 5.60 Å². The predicted molar refractivity (Wildman–Crippen MR) is 97.3 cm³/mol. The summed E-state index contributed by atoms with van der Waals surface area (Å²) in [5, 5.41) is 11.8. The van der Waals surface area contributed by atoms with Crippen LogP contribution in [0.15, 0.2) is 48.5 Å². The molecule has 136 valence electrons. The Labute approximate surface area is 151 Å². The molecule has 0 atom stereocenters. The Balaban J connectivity index is 2.02. The van der Waals surface area contributed by atoms with Gasteiger partial charge in [-0.05, 0) is 56.7 Å². The highest BCUT2D eigenvalue weighted by molar-refractivity contribution is 5.96. The number of anilines is 1. The van der Waals surface area contributed by atoms with E-state index in [1.54, 1.807) is 63.2 Å². The van der Waals surface area contributed by atoms with Crippen LogP contribution in [0.3, 0.4) is 0 Å². The quantitative estimate of drug-likeness (QED) is 0.801. The number of aromatic carboxylic acids is 1. The second kappa shape index (κ2) is 7.82. The SMILES string of the molecule is CC(C)(C)OC(=O)c1ccc(NC(=O)Cc2ccccc2C(=O)O)cc1. The molecule has 0 heterocycles. The van der Waals surface area contributed by atoms with Crippen LogP contribution in [0.2, 0.25) is 0 Å². The smallest absolute Gasteiger partial charge is 0.338 e. The van der Waals surface area contributed by atoms with Crippen LogP contribution in [0.5, 0.6) is 0 Å². The molecule has 6 nitrogen and oxygen atoms in total. The van der Waals surface area contributed by atoms with Crippen molar-refractivity contribution in [3.05, 3.63) is 65.2 Å². The fourth-order valence-electron chi connectivity index (χ4n) is 2.29. The van der Waals surface area contributed by atoms with Crippen molar-refractivity contribution in [2.24, 2.45) is 0 Å². The molecular weight excluding hydrogens is 334 g/mol. The van der Waals surface area contributed by atoms with E-state index < -0.39 is 17.5 Å². The summed E-state index contributed by atoms with van der Waals surface area (Å²) in [5.41, 5.74) is 0.844. The van der Waals surface area contributed by atoms with Gasteiger partial charge < -0.3 is 15.2 Å². The van der Waals surface area contributed by atoms with Crippen molar-refractivity contribution >= 4 is 23.5 Å². The Kier molecular flexibility index (Phi) is 5.77. The summed E-state index contributed by atoms with van der Waals surface area (Å²) in [6.07, 6.45) is -0.0592. The van der Waals surface area contributed by atoms with E-state index in [0.29, 0.717) is 16.8 Å². The van der Waals surface area contributed by atoms with Crippen molar-refractivity contribution in [2.75, 3.05) is 5.32 Å². The van der Waals surface area contributed by atoms with Crippen molar-refractivity contribution in [1.82, 2.24) is 0 Å². The van der Waals surface area contributed by atoms with E-state index in [9.17, 15) is 14.4 Å². The summed E-state index contributed by atoms with van der Waals surface area (Å²) in [5.74, 6) is -1.86. The van der Waals surface area contributed by atoms with Gasteiger partial charge in [-0.1, -0.05) is 18.2 Å². The van der Waals surface area contributed by atoms with Gasteiger partial charge in [0, 0.05) is 5.69 Å². The summed E-state index contributed by atoms with van der Waals surface area (Å²) in [6, 6.07) is 12.7. The average molecular weight is 355 g/mol. The molecule has 6 heteroatoms. The van der Waals surface area contributed by atoms with E-state index in [4.69, 9.17) is 9.84 Å². The lowest BCUT2D eigenvalue weighted by Gasteiger charge is -2.19. The first-order valence-corrected chi connectivity index (χ1v) is 8.10. The third-order valence-corrected chi connectivity index (χ3v) is 3.40. The van der Waals surface area contributed by atoms with Gasteiger partial charge in [0.05, 0.1) is 17.5 Å². The average Bonchev–Trinajstić information content (AvgIpc) is 2.54. The van der Waals surface area contributed by atoms with Crippen molar-refractivity contribution in [3.8, 4) is 0 Å². The molecule has 2 aromatic carbocycles. The molecule has 0 spiro atoms. The number of benzene rings is 2. The number of ether oxygens (including phenoxy) is 1. The number of hydrogen-bond donors (Lipinski definition) is 2. The standard InChI is InChI=1S/C20H21NO5/c1-20(2,3)26-19(25)13-8-10-15(11-9-13)21-17(22)12-14-6-4-5-7-16(14)18(23)24/h4-11H,12H2,1-3H3,(H,21,22)(H,23,24). The monoisotopic (exact) mass is 355 g/mol. The Morgan fingerprint density at radius 2 is 1.62 bits per heavy atom. The van der Waals surface area contributed by atoms with E-state index in [1.807, 2.05) is 0 Å². The van der Waals surface area contributed by atoms with Crippen LogP contribution in [0.1, 0.15) is 47.1 Å². The molecule has 0 aliphatic carbocycles. The van der Waals surface area contributed by atoms with E-state index in [0.717, 1.165) is 0 Å². The topological polar surface area (TPSA) is 92.7 Å². The molecule has 0 aromatic heterocycles. The molecule has 0 radical (unpaired) electrons. The van der Waals surface area contributed by atoms with Crippen LogP contribution >= 0.6 is 0 Å². The number of esters is 1. The fourth-order valence-corrected chi connectivity index (χ4v) is 2.29. The number of carbonyl (C=O) groups excluding carboxylic acids is 2. The molecule has 0 saturated heterocycles. The first-order chi connectivity index (χ1) is 12.2. The number of carbonyl (C=O) groups is 3. The van der Waals surface area contributed by atoms with E-state index in [2.05, 4.69) is 5.32 Å². The first kappa shape index (κ1) is 19.2. The molecule has 1 amide bonds. The number of nitrogens with one attached hydrogen (secondary N) is 1. The Morgan fingerprint density at radius 1 is 1.00 bits per heavy atom. The van der Waals surface area contributed by atoms with Crippen LogP contribution in [0.4, 0.5) is 5.69 Å². The summed E-state index contributed by atoms with van der Waals surface area (Å²) in [6.45, 7) is 5.36. The van der Waals surface area contributed by atoms with E-state index >= 15 is 0 Å². The minimum Gasteiger partial charge on any atom is -0.478 e. The van der Waals surface area contributed by atoms with Crippen molar-refractivity contribution in [3.63, 3.8) is 0 Å². The molecule has 0 saturated carbocycles. The largest absolute Gasteiger partial charge is 0.478 e. The summed E-state index contributed by atoms with van der Waals surface area (Å²) in [4.78, 5) is 35.3. The normalized spacial score (nSPS) is 10.9. The number of rotatable bonds is 5. The summed E-state index contributed by atoms with van der Waals surface area (Å²) >= 11 is 0. The van der Waals surface area contributed by atoms with Crippen LogP contribution < -0.4 is 5.32 Å². The lowest BCUT2D eigenvalue weighted by molar-refractivity contribution is -0.115. The summed E-state index contributed by atoms with van der Waals surface area (Å²) < 4.78 is 5.28. The molecule has 2 rings (SSSR count). The number of carboxylic acids is 1. The fraction of sp³-hybridized carbons (Fsp3) is 0.250. The highest BCUT2D eigenvalue weighted by Gasteiger charge is 2.18. The van der Waals surface area contributed by atoms with Gasteiger partial charge in [-0.2, -0.15) is 0 Å². The van der Waals surface area contributed by atoms with Crippen molar-refractivity contribution < 1.29 is 24.2 Å². The van der Waals surface area contributed by atoms with Gasteiger partial charge in [0.2, 0.25) is 5.91 Å². The highest BCUT2D eigenvalue weighted by atomic mass is 16.6. The maximum Gasteiger partial charge on any atom is 0.338 e. The molecule has 2 N–H and O–H groups in total. The van der Waals surface area contributed by atoms with Gasteiger partial charge in [-0.15, -0.1) is 0 Å². The van der Waals surface area contributed by atoms with Crippen molar-refractivity contribution in [1.29, 1.82) is 0 Å². The van der Waals surface area contributed by atoms with Gasteiger partial charge >= 0.3 is 11.9 Å². The number of amides is 1. The number of hydrogen-bond acceptors (Lipinski definition) is 4. The zero-order chi connectivity index (χ0) is 19.3. The zero-order valence-corrected chi connectivity index (χ0v) is 14.9. The van der Waals surface area contributed by atoms with Crippen molar-refractivity contribution in [2.45, 2.75) is 32.8 Å². The van der Waals surface area contributed by atoms with Crippen LogP contribution in [-0.2, 0) is 16.0 Å². The van der Waals surface area contributed by atoms with Crippen LogP contribution in [-0.4, -0.2) is 28.6 Å². The van der Waals surface area contributed by atoms with Gasteiger partial charge in [0.15, 0.2) is 0 Å². The highest BCUT2D eigenvalue weighted by Crippen LogP contribution is 2.16. The Bertz CT molecular complexity index is 819. The van der Waals surface area contributed by atoms with Crippen LogP contribution in [0, 0.1) is 0 Å². The third kappa shape index (κ3) is 5.44. The predicted octanol–water partition coefficient (Wildman–Crippen LogP) is 3.52. The molecule has 0 fully saturated rings. The van der Waals surface area contributed by atoms with E-state index in [1.165, 1.54) is 6.07 Å². The molecule has 26 heavy (non-hydrogen) atoms. The Hall–Kier alpha value is -3.15. The lowest BCUT2D eigenvalue weighted by atomic mass is 10.0. The second-order valence-corrected chi connectivity index (χ2v) is 6.77. The van der Waals surface area contributed by atoms with Gasteiger partial charge in [-0.3, -0.25) is 4.79 Å². The summed E-state index contributed by atoms with van der Waals surface area (Å²) in [7, 11) is 0. The third-order valence-electron chi connectivity index (χ3n) is 3.40. The lowest BCUT2D eigenvalue weighted by Crippen LogP contribution is -2.23. The zero-order valence-electron chi connectivity index (χ0n) is 14.9. The molecule has 0 aliphatic rings. The van der Waals surface area contributed by atoms with Gasteiger partial charge in [0.25, 0.3) is 0 Å². The minimum atomic E-state index is -1.07. The van der Waals surface area contributed by atoms with Gasteiger partial charge in [-0.25, -0.2) is 9.59 Å². The number of carboxylic acid groups (broad SMARTS) is 1. The molecule has 0 bridgehead atoms. The molecular formula is C20H21NO5. The Morgan fingerprint density at radius 3 is 2.19 bits per heavy atom. The molecule has 2 aromatic rings.